The van der Waals surface area contributed by atoms with Gasteiger partial charge in [-0.2, -0.15) is 0 Å². The maximum atomic E-state index is 11.7. The Kier molecular flexibility index (Phi) is 5.87. The van der Waals surface area contributed by atoms with Crippen LogP contribution in [0.5, 0.6) is 0 Å². The van der Waals surface area contributed by atoms with Gasteiger partial charge in [-0.1, -0.05) is 30.3 Å². The first-order valence-corrected chi connectivity index (χ1v) is 6.95. The quantitative estimate of drug-likeness (QED) is 0.628. The van der Waals surface area contributed by atoms with Gasteiger partial charge in [-0.15, -0.1) is 0 Å². The number of hydrogen-bond acceptors (Lipinski definition) is 3. The van der Waals surface area contributed by atoms with Crippen molar-refractivity contribution in [3.63, 3.8) is 0 Å². The second-order valence-corrected chi connectivity index (χ2v) is 4.53. The number of pyridine rings is 1. The molecule has 22 heavy (non-hydrogen) atoms. The Balaban J connectivity index is 1.67. The van der Waals surface area contributed by atoms with E-state index >= 15 is 0 Å². The summed E-state index contributed by atoms with van der Waals surface area (Å²) in [6.45, 7) is 0.737. The summed E-state index contributed by atoms with van der Waals surface area (Å²) in [6, 6.07) is 12.8. The molecule has 2 N–H and O–H groups in total. The summed E-state index contributed by atoms with van der Waals surface area (Å²) in [4.78, 5) is 27.2. The highest BCUT2D eigenvalue weighted by Crippen LogP contribution is 2.00. The first-order chi connectivity index (χ1) is 10.8. The van der Waals surface area contributed by atoms with E-state index in [2.05, 4.69) is 15.6 Å². The van der Waals surface area contributed by atoms with Crippen molar-refractivity contribution in [1.82, 2.24) is 15.6 Å². The minimum Gasteiger partial charge on any atom is -0.351 e. The molecule has 0 bridgehead atoms. The summed E-state index contributed by atoms with van der Waals surface area (Å²) in [7, 11) is 0. The summed E-state index contributed by atoms with van der Waals surface area (Å²) >= 11 is 0. The van der Waals surface area contributed by atoms with Crippen molar-refractivity contribution >= 4 is 17.9 Å². The summed E-state index contributed by atoms with van der Waals surface area (Å²) in [5.41, 5.74) is 1.51. The molecule has 0 atom stereocenters. The van der Waals surface area contributed by atoms with Crippen LogP contribution in [0, 0.1) is 0 Å². The number of rotatable bonds is 6. The Bertz CT molecular complexity index is 639. The normalized spacial score (nSPS) is 10.4. The van der Waals surface area contributed by atoms with Crippen LogP contribution >= 0.6 is 0 Å². The van der Waals surface area contributed by atoms with E-state index in [1.54, 1.807) is 30.6 Å². The van der Waals surface area contributed by atoms with E-state index in [0.717, 1.165) is 5.56 Å². The lowest BCUT2D eigenvalue weighted by molar-refractivity contribution is -0.116. The molecule has 2 rings (SSSR count). The third-order valence-electron chi connectivity index (χ3n) is 2.88. The predicted octanol–water partition coefficient (Wildman–Crippen LogP) is 1.64. The van der Waals surface area contributed by atoms with E-state index in [1.807, 2.05) is 30.3 Å². The van der Waals surface area contributed by atoms with Crippen LogP contribution in [0.4, 0.5) is 0 Å². The molecule has 1 aromatic heterocycles. The molecule has 0 aliphatic carbocycles. The Labute approximate surface area is 129 Å². The number of nitrogens with one attached hydrogen (secondary N) is 2. The summed E-state index contributed by atoms with van der Waals surface area (Å²) in [5.74, 6) is -0.376. The maximum Gasteiger partial charge on any atom is 0.251 e. The van der Waals surface area contributed by atoms with Crippen molar-refractivity contribution in [2.45, 2.75) is 0 Å². The highest BCUT2D eigenvalue weighted by Gasteiger charge is 2.03. The summed E-state index contributed by atoms with van der Waals surface area (Å²) < 4.78 is 0. The number of amides is 2. The van der Waals surface area contributed by atoms with Crippen molar-refractivity contribution in [3.05, 3.63) is 72.1 Å². The molecule has 5 heteroatoms. The molecule has 0 saturated carbocycles. The molecule has 0 fully saturated rings. The first kappa shape index (κ1) is 15.4. The minimum absolute atomic E-state index is 0.184. The van der Waals surface area contributed by atoms with E-state index in [4.69, 9.17) is 0 Å². The lowest BCUT2D eigenvalue weighted by Gasteiger charge is -2.05. The highest BCUT2D eigenvalue weighted by molar-refractivity contribution is 5.94. The van der Waals surface area contributed by atoms with E-state index in [9.17, 15) is 9.59 Å². The zero-order valence-corrected chi connectivity index (χ0v) is 12.0. The van der Waals surface area contributed by atoms with Crippen LogP contribution in [-0.2, 0) is 4.79 Å². The van der Waals surface area contributed by atoms with Crippen molar-refractivity contribution < 1.29 is 9.59 Å². The second-order valence-electron chi connectivity index (χ2n) is 4.53. The highest BCUT2D eigenvalue weighted by atomic mass is 16.2. The Morgan fingerprint density at radius 3 is 2.36 bits per heavy atom. The number of benzene rings is 1. The third kappa shape index (κ3) is 5.20. The number of carbonyl (C=O) groups excluding carboxylic acids is 2. The van der Waals surface area contributed by atoms with Gasteiger partial charge in [0.2, 0.25) is 5.91 Å². The fraction of sp³-hybridized carbons (Fsp3) is 0.118. The summed E-state index contributed by atoms with van der Waals surface area (Å²) in [5, 5.41) is 5.43. The molecule has 0 radical (unpaired) electrons. The molecule has 1 heterocycles. The van der Waals surface area contributed by atoms with Gasteiger partial charge in [0.25, 0.3) is 5.91 Å². The molecular formula is C17H17N3O2. The average molecular weight is 295 g/mol. The lowest BCUT2D eigenvalue weighted by Crippen LogP contribution is -2.33. The van der Waals surface area contributed by atoms with Gasteiger partial charge in [-0.25, -0.2) is 0 Å². The van der Waals surface area contributed by atoms with Crippen LogP contribution in [-0.4, -0.2) is 29.9 Å². The van der Waals surface area contributed by atoms with Crippen molar-refractivity contribution in [3.8, 4) is 0 Å². The monoisotopic (exact) mass is 295 g/mol. The Morgan fingerprint density at radius 2 is 1.64 bits per heavy atom. The fourth-order valence-electron chi connectivity index (χ4n) is 1.76. The second kappa shape index (κ2) is 8.36. The first-order valence-electron chi connectivity index (χ1n) is 6.95. The Morgan fingerprint density at radius 1 is 0.955 bits per heavy atom. The van der Waals surface area contributed by atoms with Gasteiger partial charge in [0.15, 0.2) is 0 Å². The SMILES string of the molecule is O=C(/C=C/c1ccccc1)NCCNC(=O)c1ccncc1. The number of hydrogen-bond donors (Lipinski definition) is 2. The molecule has 0 unspecified atom stereocenters. The van der Waals surface area contributed by atoms with Gasteiger partial charge in [-0.3, -0.25) is 14.6 Å². The molecule has 112 valence electrons. The smallest absolute Gasteiger partial charge is 0.251 e. The molecule has 0 spiro atoms. The van der Waals surface area contributed by atoms with Gasteiger partial charge >= 0.3 is 0 Å². The molecular weight excluding hydrogens is 278 g/mol. The van der Waals surface area contributed by atoms with E-state index in [1.165, 1.54) is 6.08 Å². The molecule has 1 aromatic carbocycles. The van der Waals surface area contributed by atoms with Crippen molar-refractivity contribution in [2.75, 3.05) is 13.1 Å². The van der Waals surface area contributed by atoms with Crippen LogP contribution in [0.25, 0.3) is 6.08 Å². The van der Waals surface area contributed by atoms with Crippen LogP contribution < -0.4 is 10.6 Å². The third-order valence-corrected chi connectivity index (χ3v) is 2.88. The number of carbonyl (C=O) groups is 2. The molecule has 2 aromatic rings. The largest absolute Gasteiger partial charge is 0.351 e. The maximum absolute atomic E-state index is 11.7. The number of nitrogens with zero attached hydrogens (tertiary/aromatic N) is 1. The van der Waals surface area contributed by atoms with Gasteiger partial charge < -0.3 is 10.6 Å². The molecule has 0 saturated heterocycles. The molecule has 2 amide bonds. The molecule has 0 aliphatic heterocycles. The fourth-order valence-corrected chi connectivity index (χ4v) is 1.76. The van der Waals surface area contributed by atoms with Gasteiger partial charge in [-0.05, 0) is 23.8 Å². The van der Waals surface area contributed by atoms with Crippen LogP contribution in [0.3, 0.4) is 0 Å². The van der Waals surface area contributed by atoms with Gasteiger partial charge in [0, 0.05) is 37.1 Å². The summed E-state index contributed by atoms with van der Waals surface area (Å²) in [6.07, 6.45) is 6.33. The lowest BCUT2D eigenvalue weighted by atomic mass is 10.2. The average Bonchev–Trinajstić information content (AvgIpc) is 2.58. The van der Waals surface area contributed by atoms with Crippen molar-refractivity contribution in [2.24, 2.45) is 0 Å². The topological polar surface area (TPSA) is 71.1 Å². The predicted molar refractivity (Wildman–Crippen MR) is 85.1 cm³/mol. The van der Waals surface area contributed by atoms with Gasteiger partial charge in [0.05, 0.1) is 0 Å². The Hall–Kier alpha value is -2.95. The molecule has 0 aliphatic rings. The van der Waals surface area contributed by atoms with Gasteiger partial charge in [0.1, 0.15) is 0 Å². The minimum atomic E-state index is -0.193. The van der Waals surface area contributed by atoms with Crippen LogP contribution in [0.2, 0.25) is 0 Å². The zero-order valence-electron chi connectivity index (χ0n) is 12.0. The standard InChI is InChI=1S/C17H17N3O2/c21-16(7-6-14-4-2-1-3-5-14)19-12-13-20-17(22)15-8-10-18-11-9-15/h1-11H,12-13H2,(H,19,21)(H,20,22)/b7-6+. The van der Waals surface area contributed by atoms with E-state index < -0.39 is 0 Å². The van der Waals surface area contributed by atoms with Crippen molar-refractivity contribution in [1.29, 1.82) is 0 Å². The number of aromatic nitrogens is 1. The van der Waals surface area contributed by atoms with Crippen LogP contribution in [0.15, 0.2) is 60.9 Å². The zero-order chi connectivity index (χ0) is 15.6. The van der Waals surface area contributed by atoms with E-state index in [-0.39, 0.29) is 11.8 Å². The molecule has 5 nitrogen and oxygen atoms in total. The van der Waals surface area contributed by atoms with Crippen LogP contribution in [0.1, 0.15) is 15.9 Å². The van der Waals surface area contributed by atoms with E-state index in [0.29, 0.717) is 18.7 Å².